The van der Waals surface area contributed by atoms with Crippen LogP contribution in [0.15, 0.2) is 48.5 Å². The fourth-order valence-electron chi connectivity index (χ4n) is 3.08. The Morgan fingerprint density at radius 3 is 2.64 bits per heavy atom. The second-order valence-corrected chi connectivity index (χ2v) is 6.96. The molecule has 0 aromatic heterocycles. The maximum absolute atomic E-state index is 12.6. The number of carbonyl (C=O) groups excluding carboxylic acids is 1. The van der Waals surface area contributed by atoms with E-state index in [1.54, 1.807) is 35.2 Å². The van der Waals surface area contributed by atoms with Gasteiger partial charge in [0.2, 0.25) is 0 Å². The predicted molar refractivity (Wildman–Crippen MR) is 98.3 cm³/mol. The molecule has 1 heterocycles. The summed E-state index contributed by atoms with van der Waals surface area (Å²) in [5, 5.41) is 0.563. The molecule has 1 saturated heterocycles. The van der Waals surface area contributed by atoms with E-state index < -0.39 is 6.36 Å². The van der Waals surface area contributed by atoms with E-state index in [2.05, 4.69) is 4.74 Å². The minimum atomic E-state index is -4.73. The number of piperidine rings is 1. The van der Waals surface area contributed by atoms with Crippen LogP contribution in [0, 0.1) is 0 Å². The molecule has 150 valence electrons. The van der Waals surface area contributed by atoms with Gasteiger partial charge in [-0.25, -0.2) is 0 Å². The van der Waals surface area contributed by atoms with E-state index in [4.69, 9.17) is 16.3 Å². The Morgan fingerprint density at radius 1 is 1.18 bits per heavy atom. The van der Waals surface area contributed by atoms with E-state index in [0.29, 0.717) is 29.2 Å². The second kappa shape index (κ2) is 8.84. The summed E-state index contributed by atoms with van der Waals surface area (Å²) in [6, 6.07) is 12.4. The number of alkyl halides is 3. The van der Waals surface area contributed by atoms with Crippen LogP contribution < -0.4 is 4.74 Å². The number of hydrogen-bond acceptors (Lipinski definition) is 3. The third-order valence-electron chi connectivity index (χ3n) is 4.37. The zero-order valence-corrected chi connectivity index (χ0v) is 15.7. The Labute approximate surface area is 165 Å². The maximum atomic E-state index is 12.6. The molecule has 1 unspecified atom stereocenters. The first-order valence-corrected chi connectivity index (χ1v) is 9.19. The van der Waals surface area contributed by atoms with Crippen molar-refractivity contribution in [3.8, 4) is 5.75 Å². The Balaban J connectivity index is 1.56. The highest BCUT2D eigenvalue weighted by Crippen LogP contribution is 2.24. The molecule has 4 nitrogen and oxygen atoms in total. The standard InChI is InChI=1S/C20H19ClF3NO3/c21-16-8-6-15(7-9-16)19(26)25-10-2-5-18(12-25)27-13-14-3-1-4-17(11-14)28-20(22,23)24/h1,3-4,6-9,11,18H,2,5,10,12-13H2. The molecule has 3 rings (SSSR count). The lowest BCUT2D eigenvalue weighted by Crippen LogP contribution is -2.43. The van der Waals surface area contributed by atoms with Gasteiger partial charge in [0.25, 0.3) is 5.91 Å². The van der Waals surface area contributed by atoms with Gasteiger partial charge in [-0.2, -0.15) is 0 Å². The summed E-state index contributed by atoms with van der Waals surface area (Å²) >= 11 is 5.86. The van der Waals surface area contributed by atoms with Gasteiger partial charge in [-0.1, -0.05) is 23.7 Å². The minimum Gasteiger partial charge on any atom is -0.406 e. The van der Waals surface area contributed by atoms with Gasteiger partial charge in [-0.15, -0.1) is 13.2 Å². The molecule has 2 aromatic carbocycles. The van der Waals surface area contributed by atoms with Crippen LogP contribution in [0.1, 0.15) is 28.8 Å². The molecule has 1 amide bonds. The second-order valence-electron chi connectivity index (χ2n) is 6.53. The molecule has 1 atom stereocenters. The fourth-order valence-corrected chi connectivity index (χ4v) is 3.21. The van der Waals surface area contributed by atoms with Crippen molar-refractivity contribution in [2.24, 2.45) is 0 Å². The topological polar surface area (TPSA) is 38.8 Å². The molecule has 0 saturated carbocycles. The van der Waals surface area contributed by atoms with Gasteiger partial charge in [0.05, 0.1) is 12.7 Å². The van der Waals surface area contributed by atoms with E-state index in [-0.39, 0.29) is 24.4 Å². The highest BCUT2D eigenvalue weighted by molar-refractivity contribution is 6.30. The average Bonchev–Trinajstić information content (AvgIpc) is 2.66. The summed E-state index contributed by atoms with van der Waals surface area (Å²) in [5.74, 6) is -0.373. The largest absolute Gasteiger partial charge is 0.573 e. The summed E-state index contributed by atoms with van der Waals surface area (Å²) in [6.45, 7) is 1.21. The zero-order valence-electron chi connectivity index (χ0n) is 14.9. The van der Waals surface area contributed by atoms with Crippen LogP contribution in [0.3, 0.4) is 0 Å². The third kappa shape index (κ3) is 5.87. The molecule has 28 heavy (non-hydrogen) atoms. The molecule has 0 bridgehead atoms. The lowest BCUT2D eigenvalue weighted by Gasteiger charge is -2.32. The SMILES string of the molecule is O=C(c1ccc(Cl)cc1)N1CCCC(OCc2cccc(OC(F)(F)F)c2)C1. The van der Waals surface area contributed by atoms with E-state index in [1.165, 1.54) is 18.2 Å². The molecule has 0 N–H and O–H groups in total. The van der Waals surface area contributed by atoms with Crippen LogP contribution in [-0.2, 0) is 11.3 Å². The third-order valence-corrected chi connectivity index (χ3v) is 4.63. The van der Waals surface area contributed by atoms with E-state index in [0.717, 1.165) is 12.8 Å². The summed E-state index contributed by atoms with van der Waals surface area (Å²) in [7, 11) is 0. The Kier molecular flexibility index (Phi) is 6.46. The van der Waals surface area contributed by atoms with Crippen LogP contribution in [-0.4, -0.2) is 36.4 Å². The molecule has 8 heteroatoms. The van der Waals surface area contributed by atoms with Crippen molar-refractivity contribution in [2.75, 3.05) is 13.1 Å². The summed E-state index contributed by atoms with van der Waals surface area (Å²) < 4.78 is 46.8. The summed E-state index contributed by atoms with van der Waals surface area (Å²) in [5.41, 5.74) is 1.13. The minimum absolute atomic E-state index is 0.0921. The highest BCUT2D eigenvalue weighted by atomic mass is 35.5. The Hall–Kier alpha value is -2.25. The van der Waals surface area contributed by atoms with Crippen molar-refractivity contribution < 1.29 is 27.4 Å². The molecular weight excluding hydrogens is 395 g/mol. The van der Waals surface area contributed by atoms with Gasteiger partial charge in [-0.05, 0) is 54.8 Å². The molecule has 1 aliphatic rings. The first-order chi connectivity index (χ1) is 13.3. The van der Waals surface area contributed by atoms with Crippen molar-refractivity contribution in [1.29, 1.82) is 0 Å². The van der Waals surface area contributed by atoms with Gasteiger partial charge in [0.1, 0.15) is 5.75 Å². The van der Waals surface area contributed by atoms with Crippen molar-refractivity contribution in [3.05, 3.63) is 64.7 Å². The van der Waals surface area contributed by atoms with Crippen LogP contribution >= 0.6 is 11.6 Å². The van der Waals surface area contributed by atoms with Crippen LogP contribution in [0.4, 0.5) is 13.2 Å². The first-order valence-electron chi connectivity index (χ1n) is 8.81. The molecule has 0 radical (unpaired) electrons. The van der Waals surface area contributed by atoms with Crippen molar-refractivity contribution >= 4 is 17.5 Å². The lowest BCUT2D eigenvalue weighted by atomic mass is 10.1. The monoisotopic (exact) mass is 413 g/mol. The smallest absolute Gasteiger partial charge is 0.406 e. The van der Waals surface area contributed by atoms with Gasteiger partial charge >= 0.3 is 6.36 Å². The normalized spacial score (nSPS) is 17.4. The molecule has 2 aromatic rings. The molecule has 1 aliphatic heterocycles. The Morgan fingerprint density at radius 2 is 1.93 bits per heavy atom. The van der Waals surface area contributed by atoms with Crippen molar-refractivity contribution in [2.45, 2.75) is 31.9 Å². The van der Waals surface area contributed by atoms with Crippen molar-refractivity contribution in [1.82, 2.24) is 4.90 Å². The number of carbonyl (C=O) groups is 1. The lowest BCUT2D eigenvalue weighted by molar-refractivity contribution is -0.274. The average molecular weight is 414 g/mol. The van der Waals surface area contributed by atoms with Gasteiger partial charge < -0.3 is 14.4 Å². The van der Waals surface area contributed by atoms with E-state index >= 15 is 0 Å². The van der Waals surface area contributed by atoms with Crippen LogP contribution in [0.5, 0.6) is 5.75 Å². The number of halogens is 4. The number of benzene rings is 2. The van der Waals surface area contributed by atoms with Crippen LogP contribution in [0.2, 0.25) is 5.02 Å². The molecule has 1 fully saturated rings. The number of nitrogens with zero attached hydrogens (tertiary/aromatic N) is 1. The van der Waals surface area contributed by atoms with Gasteiger partial charge in [-0.3, -0.25) is 4.79 Å². The summed E-state index contributed by atoms with van der Waals surface area (Å²) in [6.07, 6.45) is -3.34. The zero-order chi connectivity index (χ0) is 20.1. The number of hydrogen-bond donors (Lipinski definition) is 0. The van der Waals surface area contributed by atoms with Gasteiger partial charge in [0, 0.05) is 23.7 Å². The quantitative estimate of drug-likeness (QED) is 0.687. The predicted octanol–water partition coefficient (Wildman–Crippen LogP) is 5.06. The van der Waals surface area contributed by atoms with Crippen LogP contribution in [0.25, 0.3) is 0 Å². The Bertz CT molecular complexity index is 811. The maximum Gasteiger partial charge on any atom is 0.573 e. The number of rotatable bonds is 5. The van der Waals surface area contributed by atoms with E-state index in [9.17, 15) is 18.0 Å². The fraction of sp³-hybridized carbons (Fsp3) is 0.350. The number of likely N-dealkylation sites (tertiary alicyclic amines) is 1. The molecule has 0 aliphatic carbocycles. The van der Waals surface area contributed by atoms with Crippen molar-refractivity contribution in [3.63, 3.8) is 0 Å². The molecule has 0 spiro atoms. The van der Waals surface area contributed by atoms with Gasteiger partial charge in [0.15, 0.2) is 0 Å². The summed E-state index contributed by atoms with van der Waals surface area (Å²) in [4.78, 5) is 14.3. The first kappa shape index (κ1) is 20.5. The number of ether oxygens (including phenoxy) is 2. The highest BCUT2D eigenvalue weighted by Gasteiger charge is 2.31. The number of amides is 1. The van der Waals surface area contributed by atoms with E-state index in [1.807, 2.05) is 0 Å². The molecular formula is C20H19ClF3NO3.